The van der Waals surface area contributed by atoms with Crippen molar-refractivity contribution in [3.05, 3.63) is 29.8 Å². The molecule has 0 unspecified atom stereocenters. The van der Waals surface area contributed by atoms with E-state index >= 15 is 0 Å². The van der Waals surface area contributed by atoms with Crippen LogP contribution in [0.15, 0.2) is 24.3 Å². The first-order chi connectivity index (χ1) is 9.56. The van der Waals surface area contributed by atoms with Crippen LogP contribution >= 0.6 is 0 Å². The first-order valence-corrected chi connectivity index (χ1v) is 7.24. The fourth-order valence-electron chi connectivity index (χ4n) is 2.14. The number of amides is 2. The van der Waals surface area contributed by atoms with Gasteiger partial charge >= 0.3 is 0 Å². The van der Waals surface area contributed by atoms with Crippen molar-refractivity contribution in [1.29, 1.82) is 0 Å². The van der Waals surface area contributed by atoms with Crippen LogP contribution in [-0.4, -0.2) is 18.4 Å². The normalized spacial score (nSPS) is 14.8. The molecular formula is C16H22N2O2. The highest BCUT2D eigenvalue weighted by Crippen LogP contribution is 2.26. The summed E-state index contributed by atoms with van der Waals surface area (Å²) >= 11 is 0. The van der Waals surface area contributed by atoms with Crippen LogP contribution in [0.4, 0.5) is 5.69 Å². The van der Waals surface area contributed by atoms with E-state index in [0.29, 0.717) is 5.92 Å². The predicted molar refractivity (Wildman–Crippen MR) is 79.5 cm³/mol. The average Bonchev–Trinajstić information content (AvgIpc) is 2.35. The van der Waals surface area contributed by atoms with Crippen molar-refractivity contribution in [2.45, 2.75) is 39.0 Å². The van der Waals surface area contributed by atoms with E-state index in [0.717, 1.165) is 24.9 Å². The van der Waals surface area contributed by atoms with Gasteiger partial charge in [0.1, 0.15) is 0 Å². The highest BCUT2D eigenvalue weighted by atomic mass is 16.2. The zero-order valence-corrected chi connectivity index (χ0v) is 12.1. The van der Waals surface area contributed by atoms with Crippen molar-refractivity contribution in [1.82, 2.24) is 5.32 Å². The smallest absolute Gasteiger partial charge is 0.243 e. The lowest BCUT2D eigenvalue weighted by Crippen LogP contribution is -2.39. The Labute approximate surface area is 119 Å². The highest BCUT2D eigenvalue weighted by Gasteiger charge is 2.25. The Bertz CT molecular complexity index is 476. The van der Waals surface area contributed by atoms with Gasteiger partial charge in [0.2, 0.25) is 11.8 Å². The molecule has 2 amide bonds. The van der Waals surface area contributed by atoms with Gasteiger partial charge in [-0.25, -0.2) is 0 Å². The SMILES string of the molecule is CC(C)c1ccc(NC(=O)CNC(=O)C2CCC2)cc1. The number of nitrogens with one attached hydrogen (secondary N) is 2. The standard InChI is InChI=1S/C16H22N2O2/c1-11(2)12-6-8-14(9-7-12)18-15(19)10-17-16(20)13-4-3-5-13/h6-9,11,13H,3-5,10H2,1-2H3,(H,17,20)(H,18,19). The summed E-state index contributed by atoms with van der Waals surface area (Å²) < 4.78 is 0. The number of rotatable bonds is 5. The van der Waals surface area contributed by atoms with Gasteiger partial charge < -0.3 is 10.6 Å². The van der Waals surface area contributed by atoms with Gasteiger partial charge in [-0.15, -0.1) is 0 Å². The monoisotopic (exact) mass is 274 g/mol. The van der Waals surface area contributed by atoms with E-state index in [-0.39, 0.29) is 24.3 Å². The van der Waals surface area contributed by atoms with Crippen LogP contribution < -0.4 is 10.6 Å². The molecule has 1 fully saturated rings. The highest BCUT2D eigenvalue weighted by molar-refractivity contribution is 5.94. The Hall–Kier alpha value is -1.84. The minimum absolute atomic E-state index is 0.00144. The van der Waals surface area contributed by atoms with Gasteiger partial charge in [-0.1, -0.05) is 32.4 Å². The zero-order chi connectivity index (χ0) is 14.5. The van der Waals surface area contributed by atoms with Crippen LogP contribution in [0.2, 0.25) is 0 Å². The lowest BCUT2D eigenvalue weighted by atomic mass is 9.85. The summed E-state index contributed by atoms with van der Waals surface area (Å²) in [5.74, 6) is 0.408. The molecule has 0 aliphatic heterocycles. The maximum Gasteiger partial charge on any atom is 0.243 e. The maximum absolute atomic E-state index is 11.7. The summed E-state index contributed by atoms with van der Waals surface area (Å²) in [7, 11) is 0. The molecule has 0 radical (unpaired) electrons. The molecule has 4 heteroatoms. The number of anilines is 1. The number of carbonyl (C=O) groups is 2. The van der Waals surface area contributed by atoms with E-state index in [4.69, 9.17) is 0 Å². The summed E-state index contributed by atoms with van der Waals surface area (Å²) in [4.78, 5) is 23.3. The summed E-state index contributed by atoms with van der Waals surface area (Å²) in [5, 5.41) is 5.47. The second-order valence-corrected chi connectivity index (χ2v) is 5.67. The molecule has 2 N–H and O–H groups in total. The topological polar surface area (TPSA) is 58.2 Å². The molecule has 1 aromatic rings. The predicted octanol–water partition coefficient (Wildman–Crippen LogP) is 2.66. The Kier molecular flexibility index (Phi) is 4.77. The van der Waals surface area contributed by atoms with E-state index in [1.165, 1.54) is 5.56 Å². The lowest BCUT2D eigenvalue weighted by molar-refractivity contribution is -0.129. The number of hydrogen-bond acceptors (Lipinski definition) is 2. The molecule has 0 atom stereocenters. The van der Waals surface area contributed by atoms with Crippen LogP contribution in [0, 0.1) is 5.92 Å². The molecule has 0 bridgehead atoms. The number of hydrogen-bond donors (Lipinski definition) is 2. The van der Waals surface area contributed by atoms with Crippen LogP contribution in [0.25, 0.3) is 0 Å². The maximum atomic E-state index is 11.7. The van der Waals surface area contributed by atoms with E-state index in [9.17, 15) is 9.59 Å². The number of benzene rings is 1. The van der Waals surface area contributed by atoms with Gasteiger partial charge in [-0.05, 0) is 36.5 Å². The third-order valence-corrected chi connectivity index (χ3v) is 3.76. The molecule has 0 spiro atoms. The van der Waals surface area contributed by atoms with Gasteiger partial charge in [-0.3, -0.25) is 9.59 Å². The van der Waals surface area contributed by atoms with Gasteiger partial charge in [-0.2, -0.15) is 0 Å². The molecule has 1 aliphatic rings. The van der Waals surface area contributed by atoms with Crippen molar-refractivity contribution in [2.75, 3.05) is 11.9 Å². The third-order valence-electron chi connectivity index (χ3n) is 3.76. The van der Waals surface area contributed by atoms with Crippen LogP contribution in [-0.2, 0) is 9.59 Å². The molecule has 20 heavy (non-hydrogen) atoms. The van der Waals surface area contributed by atoms with E-state index in [1.54, 1.807) is 0 Å². The van der Waals surface area contributed by atoms with Crippen molar-refractivity contribution < 1.29 is 9.59 Å². The first kappa shape index (κ1) is 14.6. The Balaban J connectivity index is 1.77. The molecule has 1 saturated carbocycles. The average molecular weight is 274 g/mol. The first-order valence-electron chi connectivity index (χ1n) is 7.24. The quantitative estimate of drug-likeness (QED) is 0.867. The second kappa shape index (κ2) is 6.55. The summed E-state index contributed by atoms with van der Waals surface area (Å²) in [5.41, 5.74) is 2.00. The molecule has 2 rings (SSSR count). The van der Waals surface area contributed by atoms with Gasteiger partial charge in [0, 0.05) is 11.6 Å². The minimum atomic E-state index is -0.185. The Morgan fingerprint density at radius 1 is 1.20 bits per heavy atom. The number of carbonyl (C=O) groups excluding carboxylic acids is 2. The Morgan fingerprint density at radius 3 is 2.35 bits per heavy atom. The largest absolute Gasteiger partial charge is 0.347 e. The van der Waals surface area contributed by atoms with Crippen molar-refractivity contribution in [3.8, 4) is 0 Å². The molecule has 0 heterocycles. The second-order valence-electron chi connectivity index (χ2n) is 5.67. The molecule has 1 aliphatic carbocycles. The summed E-state index contributed by atoms with van der Waals surface area (Å²) in [6, 6.07) is 7.79. The van der Waals surface area contributed by atoms with Crippen molar-refractivity contribution >= 4 is 17.5 Å². The van der Waals surface area contributed by atoms with Crippen molar-refractivity contribution in [3.63, 3.8) is 0 Å². The van der Waals surface area contributed by atoms with Crippen LogP contribution in [0.5, 0.6) is 0 Å². The van der Waals surface area contributed by atoms with Crippen molar-refractivity contribution in [2.24, 2.45) is 5.92 Å². The van der Waals surface area contributed by atoms with Gasteiger partial charge in [0.15, 0.2) is 0 Å². The molecule has 0 aromatic heterocycles. The van der Waals surface area contributed by atoms with Crippen LogP contribution in [0.3, 0.4) is 0 Å². The zero-order valence-electron chi connectivity index (χ0n) is 12.1. The van der Waals surface area contributed by atoms with E-state index < -0.39 is 0 Å². The van der Waals surface area contributed by atoms with E-state index in [2.05, 4.69) is 24.5 Å². The fraction of sp³-hybridized carbons (Fsp3) is 0.500. The molecule has 108 valence electrons. The third kappa shape index (κ3) is 3.83. The van der Waals surface area contributed by atoms with Gasteiger partial charge in [0.05, 0.1) is 6.54 Å². The molecular weight excluding hydrogens is 252 g/mol. The molecule has 4 nitrogen and oxygen atoms in total. The Morgan fingerprint density at radius 2 is 1.85 bits per heavy atom. The molecule has 1 aromatic carbocycles. The summed E-state index contributed by atoms with van der Waals surface area (Å²) in [6.45, 7) is 4.30. The lowest BCUT2D eigenvalue weighted by Gasteiger charge is -2.23. The van der Waals surface area contributed by atoms with Crippen LogP contribution in [0.1, 0.15) is 44.6 Å². The summed E-state index contributed by atoms with van der Waals surface area (Å²) in [6.07, 6.45) is 3.01. The fourth-order valence-corrected chi connectivity index (χ4v) is 2.14. The van der Waals surface area contributed by atoms with E-state index in [1.807, 2.05) is 24.3 Å². The molecule has 0 saturated heterocycles. The van der Waals surface area contributed by atoms with Gasteiger partial charge in [0.25, 0.3) is 0 Å². The minimum Gasteiger partial charge on any atom is -0.347 e.